The molecule has 2 rings (SSSR count). The molecule has 0 bridgehead atoms. The molecule has 0 aliphatic heterocycles. The molecule has 1 heterocycles. The number of nitrogens with one attached hydrogen (secondary N) is 1. The zero-order valence-corrected chi connectivity index (χ0v) is 13.3. The third-order valence-corrected chi connectivity index (χ3v) is 2.79. The highest BCUT2D eigenvalue weighted by molar-refractivity contribution is 8.93. The maximum Gasteiger partial charge on any atom is 0.435 e. The first-order valence-electron chi connectivity index (χ1n) is 6.08. The first-order valence-corrected chi connectivity index (χ1v) is 6.08. The smallest absolute Gasteiger partial charge is 0.370 e. The molecule has 5 nitrogen and oxygen atoms in total. The Labute approximate surface area is 135 Å². The van der Waals surface area contributed by atoms with Gasteiger partial charge < -0.3 is 11.1 Å². The molecular weight excluding hydrogens is 363 g/mol. The quantitative estimate of drug-likeness (QED) is 0.637. The van der Waals surface area contributed by atoms with E-state index in [4.69, 9.17) is 5.73 Å². The van der Waals surface area contributed by atoms with Crippen LogP contribution in [-0.2, 0) is 12.7 Å². The molecule has 0 unspecified atom stereocenters. The minimum atomic E-state index is -4.44. The number of nitrogens with zero attached hydrogens (tertiary/aromatic N) is 3. The number of guanidine groups is 1. The second-order valence-electron chi connectivity index (χ2n) is 4.27. The van der Waals surface area contributed by atoms with Crippen LogP contribution in [0.5, 0.6) is 0 Å². The van der Waals surface area contributed by atoms with Crippen molar-refractivity contribution in [2.45, 2.75) is 12.7 Å². The van der Waals surface area contributed by atoms with E-state index in [0.29, 0.717) is 18.2 Å². The number of hydrogen-bond donors (Lipinski definition) is 2. The van der Waals surface area contributed by atoms with Crippen LogP contribution in [0, 0.1) is 0 Å². The van der Waals surface area contributed by atoms with Crippen LogP contribution in [0.15, 0.2) is 41.5 Å². The normalized spacial score (nSPS) is 11.9. The molecule has 22 heavy (non-hydrogen) atoms. The summed E-state index contributed by atoms with van der Waals surface area (Å²) in [5, 5.41) is 6.39. The average Bonchev–Trinajstić information content (AvgIpc) is 2.95. The van der Waals surface area contributed by atoms with Crippen LogP contribution in [0.25, 0.3) is 5.69 Å². The van der Waals surface area contributed by atoms with Crippen molar-refractivity contribution in [2.24, 2.45) is 10.7 Å². The van der Waals surface area contributed by atoms with Crippen molar-refractivity contribution in [1.29, 1.82) is 0 Å². The number of halogens is 4. The number of alkyl halides is 3. The van der Waals surface area contributed by atoms with E-state index in [1.807, 2.05) is 0 Å². The van der Waals surface area contributed by atoms with Crippen molar-refractivity contribution >= 4 is 22.9 Å². The van der Waals surface area contributed by atoms with Crippen molar-refractivity contribution in [2.75, 3.05) is 7.05 Å². The molecule has 1 aromatic heterocycles. The van der Waals surface area contributed by atoms with E-state index in [-0.39, 0.29) is 17.0 Å². The molecule has 3 N–H and O–H groups in total. The Morgan fingerprint density at radius 3 is 2.41 bits per heavy atom. The minimum absolute atomic E-state index is 0. The third kappa shape index (κ3) is 4.48. The molecule has 0 amide bonds. The summed E-state index contributed by atoms with van der Waals surface area (Å²) >= 11 is 0. The van der Waals surface area contributed by atoms with Crippen LogP contribution in [0.3, 0.4) is 0 Å². The van der Waals surface area contributed by atoms with E-state index in [2.05, 4.69) is 15.4 Å². The molecule has 2 aromatic rings. The third-order valence-electron chi connectivity index (χ3n) is 2.79. The lowest BCUT2D eigenvalue weighted by atomic mass is 10.2. The summed E-state index contributed by atoms with van der Waals surface area (Å²) in [6.07, 6.45) is -3.16. The highest BCUT2D eigenvalue weighted by Crippen LogP contribution is 2.27. The number of aliphatic imine (C=N–C) groups is 1. The number of aromatic nitrogens is 2. The fourth-order valence-corrected chi connectivity index (χ4v) is 1.66. The average molecular weight is 378 g/mol. The van der Waals surface area contributed by atoms with Crippen molar-refractivity contribution in [3.8, 4) is 5.69 Å². The van der Waals surface area contributed by atoms with E-state index in [0.717, 1.165) is 11.6 Å². The van der Waals surface area contributed by atoms with Gasteiger partial charge in [-0.2, -0.15) is 18.3 Å². The first kappa shape index (κ1) is 18.0. The van der Waals surface area contributed by atoms with Gasteiger partial charge in [-0.05, 0) is 23.8 Å². The van der Waals surface area contributed by atoms with E-state index in [1.54, 1.807) is 31.3 Å². The second-order valence-corrected chi connectivity index (χ2v) is 4.27. The van der Waals surface area contributed by atoms with E-state index in [1.165, 1.54) is 10.9 Å². The van der Waals surface area contributed by atoms with Gasteiger partial charge in [0.15, 0.2) is 11.7 Å². The predicted molar refractivity (Wildman–Crippen MR) is 83.3 cm³/mol. The minimum Gasteiger partial charge on any atom is -0.370 e. The number of benzene rings is 1. The van der Waals surface area contributed by atoms with E-state index in [9.17, 15) is 13.2 Å². The van der Waals surface area contributed by atoms with Gasteiger partial charge in [-0.15, -0.1) is 17.0 Å². The number of nitrogens with two attached hydrogens (primary N) is 1. The van der Waals surface area contributed by atoms with Crippen LogP contribution < -0.4 is 11.1 Å². The molecule has 0 aliphatic rings. The van der Waals surface area contributed by atoms with Gasteiger partial charge in [0.1, 0.15) is 0 Å². The molecule has 0 fully saturated rings. The summed E-state index contributed by atoms with van der Waals surface area (Å²) in [5.41, 5.74) is 6.06. The van der Waals surface area contributed by atoms with Gasteiger partial charge in [-0.25, -0.2) is 4.68 Å². The van der Waals surface area contributed by atoms with Crippen molar-refractivity contribution in [3.63, 3.8) is 0 Å². The topological polar surface area (TPSA) is 68.2 Å². The Kier molecular flexibility index (Phi) is 5.98. The van der Waals surface area contributed by atoms with Crippen LogP contribution in [0.1, 0.15) is 11.3 Å². The maximum absolute atomic E-state index is 12.5. The Hall–Kier alpha value is -2.03. The largest absolute Gasteiger partial charge is 0.435 e. The monoisotopic (exact) mass is 377 g/mol. The molecule has 120 valence electrons. The molecule has 9 heteroatoms. The van der Waals surface area contributed by atoms with Crippen molar-refractivity contribution < 1.29 is 13.2 Å². The Morgan fingerprint density at radius 1 is 1.27 bits per heavy atom. The standard InChI is InChI=1S/C13H14F3N5.BrH/c1-18-12(17)19-8-9-2-4-10(5-3-9)21-7-6-11(20-21)13(14,15)16;/h2-7H,8H2,1H3,(H3,17,18,19);1H. The van der Waals surface area contributed by atoms with Gasteiger partial charge >= 0.3 is 6.18 Å². The van der Waals surface area contributed by atoms with E-state index < -0.39 is 11.9 Å². The maximum atomic E-state index is 12.5. The number of rotatable bonds is 3. The molecular formula is C13H15BrF3N5. The summed E-state index contributed by atoms with van der Waals surface area (Å²) in [6, 6.07) is 7.86. The van der Waals surface area contributed by atoms with Crippen LogP contribution >= 0.6 is 17.0 Å². The fraction of sp³-hybridized carbons (Fsp3) is 0.231. The van der Waals surface area contributed by atoms with Gasteiger partial charge in [0.25, 0.3) is 0 Å². The molecule has 0 spiro atoms. The van der Waals surface area contributed by atoms with Gasteiger partial charge in [0, 0.05) is 19.8 Å². The lowest BCUT2D eigenvalue weighted by molar-refractivity contribution is -0.141. The molecule has 0 saturated carbocycles. The zero-order chi connectivity index (χ0) is 15.5. The molecule has 0 aliphatic carbocycles. The Bertz CT molecular complexity index is 634. The highest BCUT2D eigenvalue weighted by Gasteiger charge is 2.33. The summed E-state index contributed by atoms with van der Waals surface area (Å²) in [4.78, 5) is 3.76. The summed E-state index contributed by atoms with van der Waals surface area (Å²) < 4.78 is 38.6. The summed E-state index contributed by atoms with van der Waals surface area (Å²) in [6.45, 7) is 0.483. The summed E-state index contributed by atoms with van der Waals surface area (Å²) in [5.74, 6) is 0.320. The van der Waals surface area contributed by atoms with E-state index >= 15 is 0 Å². The van der Waals surface area contributed by atoms with Crippen LogP contribution in [-0.4, -0.2) is 22.8 Å². The first-order chi connectivity index (χ1) is 9.90. The van der Waals surface area contributed by atoms with Gasteiger partial charge in [-0.3, -0.25) is 4.99 Å². The fourth-order valence-electron chi connectivity index (χ4n) is 1.66. The van der Waals surface area contributed by atoms with Crippen molar-refractivity contribution in [3.05, 3.63) is 47.8 Å². The molecule has 0 atom stereocenters. The molecule has 1 aromatic carbocycles. The summed E-state index contributed by atoms with van der Waals surface area (Å²) in [7, 11) is 1.57. The Morgan fingerprint density at radius 2 is 1.91 bits per heavy atom. The Balaban J connectivity index is 0.00000242. The van der Waals surface area contributed by atoms with Crippen LogP contribution in [0.2, 0.25) is 0 Å². The van der Waals surface area contributed by atoms with Gasteiger partial charge in [0.05, 0.1) is 5.69 Å². The van der Waals surface area contributed by atoms with Gasteiger partial charge in [-0.1, -0.05) is 12.1 Å². The van der Waals surface area contributed by atoms with Gasteiger partial charge in [0.2, 0.25) is 0 Å². The zero-order valence-electron chi connectivity index (χ0n) is 11.6. The van der Waals surface area contributed by atoms with Crippen LogP contribution in [0.4, 0.5) is 13.2 Å². The highest BCUT2D eigenvalue weighted by atomic mass is 79.9. The molecule has 0 radical (unpaired) electrons. The number of hydrogen-bond acceptors (Lipinski definition) is 2. The lowest BCUT2D eigenvalue weighted by Crippen LogP contribution is -2.30. The second kappa shape index (κ2) is 7.30. The SMILES string of the molecule is Br.CN=C(N)NCc1ccc(-n2ccc(C(F)(F)F)n2)cc1. The van der Waals surface area contributed by atoms with Crippen molar-refractivity contribution in [1.82, 2.24) is 15.1 Å². The predicted octanol–water partition coefficient (Wildman–Crippen LogP) is 2.50. The lowest BCUT2D eigenvalue weighted by Gasteiger charge is -2.07. The molecule has 0 saturated heterocycles.